The number of hydrogen-bond acceptors (Lipinski definition) is 6. The largest absolute Gasteiger partial charge is 0.340 e. The molecule has 0 spiro atoms. The van der Waals surface area contributed by atoms with E-state index in [-0.39, 0.29) is 42.1 Å². The summed E-state index contributed by atoms with van der Waals surface area (Å²) in [6.07, 6.45) is 2.99. The van der Waals surface area contributed by atoms with Gasteiger partial charge in [-0.25, -0.2) is 13.4 Å². The molecule has 2 heterocycles. The monoisotopic (exact) mass is 490 g/mol. The molecule has 178 valence electrons. The van der Waals surface area contributed by atoms with Gasteiger partial charge in [-0.15, -0.1) is 11.3 Å². The second kappa shape index (κ2) is 9.90. The third-order valence-electron chi connectivity index (χ3n) is 6.35. The fourth-order valence-corrected chi connectivity index (χ4v) is 5.93. The summed E-state index contributed by atoms with van der Waals surface area (Å²) in [4.78, 5) is 30.9. The maximum absolute atomic E-state index is 13.0. The molecule has 1 aliphatic heterocycles. The van der Waals surface area contributed by atoms with Gasteiger partial charge in [0.05, 0.1) is 17.0 Å². The minimum absolute atomic E-state index is 0.00549. The second-order valence-electron chi connectivity index (χ2n) is 8.75. The number of carbonyl (C=O) groups excluding carboxylic acids is 2. The SMILES string of the molecule is CCC(C)c1ccc(S(=O)(=O)N2CCN(C(=O)Cc3csc(NC(=O)C4CC4)n3)CC2)cc1. The molecule has 1 saturated carbocycles. The van der Waals surface area contributed by atoms with Crippen LogP contribution in [0.2, 0.25) is 0 Å². The number of anilines is 1. The lowest BCUT2D eigenvalue weighted by molar-refractivity contribution is -0.131. The van der Waals surface area contributed by atoms with Crippen LogP contribution in [0.1, 0.15) is 50.3 Å². The fourth-order valence-electron chi connectivity index (χ4n) is 3.80. The van der Waals surface area contributed by atoms with Crippen LogP contribution >= 0.6 is 11.3 Å². The molecule has 10 heteroatoms. The third-order valence-corrected chi connectivity index (χ3v) is 9.07. The Morgan fingerprint density at radius 2 is 1.82 bits per heavy atom. The van der Waals surface area contributed by atoms with Gasteiger partial charge in [0.25, 0.3) is 0 Å². The molecule has 1 aromatic heterocycles. The van der Waals surface area contributed by atoms with Crippen molar-refractivity contribution in [1.82, 2.24) is 14.2 Å². The number of nitrogens with zero attached hydrogens (tertiary/aromatic N) is 3. The average Bonchev–Trinajstić information content (AvgIpc) is 3.60. The van der Waals surface area contributed by atoms with Crippen LogP contribution in [0.3, 0.4) is 0 Å². The topological polar surface area (TPSA) is 99.7 Å². The smallest absolute Gasteiger partial charge is 0.243 e. The van der Waals surface area contributed by atoms with Crippen molar-refractivity contribution < 1.29 is 18.0 Å². The molecule has 33 heavy (non-hydrogen) atoms. The summed E-state index contributed by atoms with van der Waals surface area (Å²) < 4.78 is 27.5. The molecule has 1 aromatic carbocycles. The van der Waals surface area contributed by atoms with Gasteiger partial charge in [0, 0.05) is 37.5 Å². The van der Waals surface area contributed by atoms with Gasteiger partial charge < -0.3 is 10.2 Å². The van der Waals surface area contributed by atoms with Crippen LogP contribution in [-0.2, 0) is 26.0 Å². The number of sulfonamides is 1. The number of benzene rings is 1. The minimum Gasteiger partial charge on any atom is -0.340 e. The normalized spacial score (nSPS) is 18.2. The van der Waals surface area contributed by atoms with Crippen LogP contribution in [0.25, 0.3) is 0 Å². The highest BCUT2D eigenvalue weighted by molar-refractivity contribution is 7.89. The molecule has 2 fully saturated rings. The van der Waals surface area contributed by atoms with E-state index in [0.29, 0.717) is 29.8 Å². The zero-order valence-corrected chi connectivity index (χ0v) is 20.6. The first-order valence-electron chi connectivity index (χ1n) is 11.4. The summed E-state index contributed by atoms with van der Waals surface area (Å²) in [6.45, 7) is 5.45. The van der Waals surface area contributed by atoms with Gasteiger partial charge >= 0.3 is 0 Å². The van der Waals surface area contributed by atoms with Crippen molar-refractivity contribution in [1.29, 1.82) is 0 Å². The number of rotatable bonds is 8. The van der Waals surface area contributed by atoms with Crippen LogP contribution in [-0.4, -0.2) is 60.6 Å². The molecule has 1 atom stereocenters. The molecular weight excluding hydrogens is 460 g/mol. The van der Waals surface area contributed by atoms with E-state index in [4.69, 9.17) is 0 Å². The van der Waals surface area contributed by atoms with Crippen molar-refractivity contribution in [3.8, 4) is 0 Å². The molecule has 2 amide bonds. The van der Waals surface area contributed by atoms with Crippen molar-refractivity contribution in [3.05, 3.63) is 40.9 Å². The molecule has 4 rings (SSSR count). The molecular formula is C23H30N4O4S2. The molecule has 8 nitrogen and oxygen atoms in total. The maximum atomic E-state index is 13.0. The fraction of sp³-hybridized carbons (Fsp3) is 0.522. The molecule has 0 radical (unpaired) electrons. The van der Waals surface area contributed by atoms with Crippen molar-refractivity contribution in [2.24, 2.45) is 5.92 Å². The zero-order chi connectivity index (χ0) is 23.6. The van der Waals surface area contributed by atoms with E-state index in [0.717, 1.165) is 24.8 Å². The Morgan fingerprint density at radius 1 is 1.15 bits per heavy atom. The first-order chi connectivity index (χ1) is 15.8. The third kappa shape index (κ3) is 5.62. The summed E-state index contributed by atoms with van der Waals surface area (Å²) in [5, 5.41) is 5.10. The Labute approximate surface area is 199 Å². The number of hydrogen-bond donors (Lipinski definition) is 1. The lowest BCUT2D eigenvalue weighted by Crippen LogP contribution is -2.50. The summed E-state index contributed by atoms with van der Waals surface area (Å²) >= 11 is 1.32. The van der Waals surface area contributed by atoms with Crippen molar-refractivity contribution in [2.75, 3.05) is 31.5 Å². The van der Waals surface area contributed by atoms with Gasteiger partial charge in [-0.05, 0) is 42.9 Å². The minimum atomic E-state index is -3.58. The second-order valence-corrected chi connectivity index (χ2v) is 11.5. The van der Waals surface area contributed by atoms with Gasteiger partial charge in [-0.3, -0.25) is 9.59 Å². The number of amides is 2. The van der Waals surface area contributed by atoms with Crippen LogP contribution in [0.15, 0.2) is 34.5 Å². The first kappa shape index (κ1) is 23.8. The average molecular weight is 491 g/mol. The van der Waals surface area contributed by atoms with Crippen LogP contribution in [0, 0.1) is 5.92 Å². The summed E-state index contributed by atoms with van der Waals surface area (Å²) in [6, 6.07) is 7.12. The zero-order valence-electron chi connectivity index (χ0n) is 19.0. The predicted octanol–water partition coefficient (Wildman–Crippen LogP) is 3.08. The molecule has 2 aliphatic rings. The lowest BCUT2D eigenvalue weighted by Gasteiger charge is -2.34. The van der Waals surface area contributed by atoms with E-state index < -0.39 is 10.0 Å². The number of nitrogens with one attached hydrogen (secondary N) is 1. The molecule has 1 unspecified atom stereocenters. The Kier molecular flexibility index (Phi) is 7.16. The molecule has 2 aromatic rings. The molecule has 1 saturated heterocycles. The Morgan fingerprint density at radius 3 is 2.42 bits per heavy atom. The molecule has 1 N–H and O–H groups in total. The number of thiazole rings is 1. The summed E-state index contributed by atoms with van der Waals surface area (Å²) in [7, 11) is -3.58. The van der Waals surface area contributed by atoms with E-state index in [9.17, 15) is 18.0 Å². The van der Waals surface area contributed by atoms with Gasteiger partial charge in [0.1, 0.15) is 0 Å². The maximum Gasteiger partial charge on any atom is 0.243 e. The van der Waals surface area contributed by atoms with Gasteiger partial charge in [0.15, 0.2) is 5.13 Å². The van der Waals surface area contributed by atoms with Crippen LogP contribution < -0.4 is 5.32 Å². The van der Waals surface area contributed by atoms with E-state index in [1.165, 1.54) is 15.6 Å². The van der Waals surface area contributed by atoms with E-state index >= 15 is 0 Å². The standard InChI is InChI=1S/C23H30N4O4S2/c1-3-16(2)17-6-8-20(9-7-17)33(30,31)27-12-10-26(11-13-27)21(28)14-19-15-32-23(24-19)25-22(29)18-4-5-18/h6-9,15-16,18H,3-5,10-14H2,1-2H3,(H,24,25,29). The number of piperazine rings is 1. The van der Waals surface area contributed by atoms with Crippen molar-refractivity contribution >= 4 is 38.3 Å². The first-order valence-corrected chi connectivity index (χ1v) is 13.7. The summed E-state index contributed by atoms with van der Waals surface area (Å²) in [5.41, 5.74) is 1.75. The highest BCUT2D eigenvalue weighted by Gasteiger charge is 2.31. The highest BCUT2D eigenvalue weighted by Crippen LogP contribution is 2.30. The molecule has 0 bridgehead atoms. The van der Waals surface area contributed by atoms with E-state index in [1.807, 2.05) is 12.1 Å². The van der Waals surface area contributed by atoms with Gasteiger partial charge in [-0.2, -0.15) is 4.31 Å². The quantitative estimate of drug-likeness (QED) is 0.613. The summed E-state index contributed by atoms with van der Waals surface area (Å²) in [5.74, 6) is 0.397. The highest BCUT2D eigenvalue weighted by atomic mass is 32.2. The van der Waals surface area contributed by atoms with Crippen LogP contribution in [0.4, 0.5) is 5.13 Å². The predicted molar refractivity (Wildman–Crippen MR) is 128 cm³/mol. The lowest BCUT2D eigenvalue weighted by atomic mass is 9.99. The van der Waals surface area contributed by atoms with Crippen molar-refractivity contribution in [3.63, 3.8) is 0 Å². The van der Waals surface area contributed by atoms with E-state index in [1.54, 1.807) is 22.4 Å². The van der Waals surface area contributed by atoms with Crippen molar-refractivity contribution in [2.45, 2.75) is 50.3 Å². The van der Waals surface area contributed by atoms with Crippen LogP contribution in [0.5, 0.6) is 0 Å². The Hall–Kier alpha value is -2.30. The van der Waals surface area contributed by atoms with E-state index in [2.05, 4.69) is 24.1 Å². The Balaban J connectivity index is 1.30. The number of carbonyl (C=O) groups is 2. The van der Waals surface area contributed by atoms with Gasteiger partial charge in [0.2, 0.25) is 21.8 Å². The van der Waals surface area contributed by atoms with Gasteiger partial charge in [-0.1, -0.05) is 26.0 Å². The Bertz CT molecular complexity index is 1100. The number of aromatic nitrogens is 1. The molecule has 1 aliphatic carbocycles.